The van der Waals surface area contributed by atoms with Crippen molar-refractivity contribution >= 4 is 5.69 Å². The number of nitrogens with zero attached hydrogens (tertiary/aromatic N) is 1. The van der Waals surface area contributed by atoms with Gasteiger partial charge in [0.05, 0.1) is 7.11 Å². The Kier molecular flexibility index (Phi) is 5.54. The van der Waals surface area contributed by atoms with Gasteiger partial charge in [-0.3, -0.25) is 0 Å². The second-order valence-electron chi connectivity index (χ2n) is 6.13. The molecule has 0 aliphatic carbocycles. The van der Waals surface area contributed by atoms with E-state index in [9.17, 15) is 0 Å². The molecule has 1 aliphatic rings. The van der Waals surface area contributed by atoms with Gasteiger partial charge in [0.15, 0.2) is 0 Å². The highest BCUT2D eigenvalue weighted by Gasteiger charge is 2.13. The number of rotatable bonds is 6. The molecule has 0 radical (unpaired) electrons. The Hall–Kier alpha value is -2.00. The third kappa shape index (κ3) is 4.26. The molecule has 3 rings (SSSR count). The van der Waals surface area contributed by atoms with E-state index in [2.05, 4.69) is 46.6 Å². The van der Waals surface area contributed by atoms with Crippen LogP contribution in [0.1, 0.15) is 30.4 Å². The summed E-state index contributed by atoms with van der Waals surface area (Å²) in [7, 11) is 1.70. The van der Waals surface area contributed by atoms with Gasteiger partial charge in [0, 0.05) is 31.9 Å². The zero-order valence-corrected chi connectivity index (χ0v) is 13.9. The summed E-state index contributed by atoms with van der Waals surface area (Å²) in [5.74, 6) is 0.907. The Morgan fingerprint density at radius 1 is 0.913 bits per heavy atom. The minimum Gasteiger partial charge on any atom is -0.497 e. The number of para-hydroxylation sites is 1. The molecular formula is C20H26N2O. The maximum Gasteiger partial charge on any atom is 0.118 e. The summed E-state index contributed by atoms with van der Waals surface area (Å²) < 4.78 is 5.20. The van der Waals surface area contributed by atoms with E-state index < -0.39 is 0 Å². The SMILES string of the molecule is COc1ccc(CNCc2ccccc2N2CCCCC2)cc1. The molecule has 1 fully saturated rings. The van der Waals surface area contributed by atoms with Crippen LogP contribution < -0.4 is 15.0 Å². The van der Waals surface area contributed by atoms with Gasteiger partial charge >= 0.3 is 0 Å². The number of benzene rings is 2. The third-order valence-electron chi connectivity index (χ3n) is 4.49. The fourth-order valence-electron chi connectivity index (χ4n) is 3.19. The molecule has 0 saturated carbocycles. The maximum absolute atomic E-state index is 5.20. The van der Waals surface area contributed by atoms with E-state index in [4.69, 9.17) is 4.74 Å². The van der Waals surface area contributed by atoms with Crippen LogP contribution in [0.3, 0.4) is 0 Å². The summed E-state index contributed by atoms with van der Waals surface area (Å²) in [5.41, 5.74) is 4.07. The van der Waals surface area contributed by atoms with Gasteiger partial charge in [-0.25, -0.2) is 0 Å². The molecular weight excluding hydrogens is 284 g/mol. The van der Waals surface area contributed by atoms with E-state index in [-0.39, 0.29) is 0 Å². The van der Waals surface area contributed by atoms with Gasteiger partial charge in [-0.2, -0.15) is 0 Å². The Labute approximate surface area is 139 Å². The van der Waals surface area contributed by atoms with Crippen LogP contribution in [0.4, 0.5) is 5.69 Å². The standard InChI is InChI=1S/C20H26N2O/c1-23-19-11-9-17(10-12-19)15-21-16-18-7-3-4-8-20(18)22-13-5-2-6-14-22/h3-4,7-12,21H,2,5-6,13-16H2,1H3. The van der Waals surface area contributed by atoms with Crippen LogP contribution >= 0.6 is 0 Å². The lowest BCUT2D eigenvalue weighted by atomic mass is 10.1. The summed E-state index contributed by atoms with van der Waals surface area (Å²) in [6.45, 7) is 4.15. The minimum atomic E-state index is 0.873. The molecule has 0 bridgehead atoms. The number of ether oxygens (including phenoxy) is 1. The zero-order valence-electron chi connectivity index (χ0n) is 13.9. The first-order valence-electron chi connectivity index (χ1n) is 8.53. The van der Waals surface area contributed by atoms with Crippen molar-refractivity contribution in [1.29, 1.82) is 0 Å². The number of hydrogen-bond donors (Lipinski definition) is 1. The molecule has 1 saturated heterocycles. The lowest BCUT2D eigenvalue weighted by molar-refractivity contribution is 0.414. The van der Waals surface area contributed by atoms with Crippen molar-refractivity contribution < 1.29 is 4.74 Å². The van der Waals surface area contributed by atoms with Crippen molar-refractivity contribution in [2.24, 2.45) is 0 Å². The van der Waals surface area contributed by atoms with Crippen LogP contribution in [-0.4, -0.2) is 20.2 Å². The Morgan fingerprint density at radius 2 is 1.65 bits per heavy atom. The fraction of sp³-hybridized carbons (Fsp3) is 0.400. The van der Waals surface area contributed by atoms with E-state index in [1.807, 2.05) is 12.1 Å². The summed E-state index contributed by atoms with van der Waals surface area (Å²) in [6.07, 6.45) is 4.00. The number of hydrogen-bond acceptors (Lipinski definition) is 3. The maximum atomic E-state index is 5.20. The first-order chi connectivity index (χ1) is 11.4. The van der Waals surface area contributed by atoms with Gasteiger partial charge in [0.1, 0.15) is 5.75 Å². The van der Waals surface area contributed by atoms with Crippen LogP contribution in [0.2, 0.25) is 0 Å². The normalized spacial score (nSPS) is 14.7. The van der Waals surface area contributed by atoms with Crippen molar-refractivity contribution in [2.45, 2.75) is 32.4 Å². The second kappa shape index (κ2) is 8.02. The monoisotopic (exact) mass is 310 g/mol. The molecule has 0 spiro atoms. The van der Waals surface area contributed by atoms with E-state index in [0.29, 0.717) is 0 Å². The smallest absolute Gasteiger partial charge is 0.118 e. The van der Waals surface area contributed by atoms with E-state index >= 15 is 0 Å². The third-order valence-corrected chi connectivity index (χ3v) is 4.49. The van der Waals surface area contributed by atoms with Crippen LogP contribution in [0, 0.1) is 0 Å². The molecule has 2 aromatic carbocycles. The number of piperidine rings is 1. The first kappa shape index (κ1) is 15.9. The van der Waals surface area contributed by atoms with Gasteiger partial charge in [-0.15, -0.1) is 0 Å². The Balaban J connectivity index is 1.59. The fourth-order valence-corrected chi connectivity index (χ4v) is 3.19. The van der Waals surface area contributed by atoms with Crippen molar-refractivity contribution in [3.8, 4) is 5.75 Å². The average Bonchev–Trinajstić information content (AvgIpc) is 2.63. The van der Waals surface area contributed by atoms with Gasteiger partial charge in [0.2, 0.25) is 0 Å². The van der Waals surface area contributed by atoms with Gasteiger partial charge in [0.25, 0.3) is 0 Å². The molecule has 0 unspecified atom stereocenters. The van der Waals surface area contributed by atoms with Gasteiger partial charge in [-0.05, 0) is 48.6 Å². The van der Waals surface area contributed by atoms with Crippen LogP contribution in [0.5, 0.6) is 5.75 Å². The second-order valence-corrected chi connectivity index (χ2v) is 6.13. The largest absolute Gasteiger partial charge is 0.497 e. The summed E-state index contributed by atoms with van der Waals surface area (Å²) >= 11 is 0. The average molecular weight is 310 g/mol. The van der Waals surface area contributed by atoms with Crippen LogP contribution in [0.25, 0.3) is 0 Å². The quantitative estimate of drug-likeness (QED) is 0.873. The molecule has 1 N–H and O–H groups in total. The van der Waals surface area contributed by atoms with E-state index in [1.165, 1.54) is 49.2 Å². The number of nitrogens with one attached hydrogen (secondary N) is 1. The zero-order chi connectivity index (χ0) is 15.9. The lowest BCUT2D eigenvalue weighted by Crippen LogP contribution is -2.30. The first-order valence-corrected chi connectivity index (χ1v) is 8.53. The molecule has 1 aliphatic heterocycles. The Bertz CT molecular complexity index is 603. The highest BCUT2D eigenvalue weighted by molar-refractivity contribution is 5.53. The predicted octanol–water partition coefficient (Wildman–Crippen LogP) is 3.98. The molecule has 0 aromatic heterocycles. The highest BCUT2D eigenvalue weighted by atomic mass is 16.5. The Morgan fingerprint density at radius 3 is 2.39 bits per heavy atom. The molecule has 0 atom stereocenters. The molecule has 1 heterocycles. The topological polar surface area (TPSA) is 24.5 Å². The van der Waals surface area contributed by atoms with Crippen LogP contribution in [0.15, 0.2) is 48.5 Å². The molecule has 23 heavy (non-hydrogen) atoms. The number of anilines is 1. The summed E-state index contributed by atoms with van der Waals surface area (Å²) in [5, 5.41) is 3.57. The molecule has 3 nitrogen and oxygen atoms in total. The molecule has 3 heteroatoms. The minimum absolute atomic E-state index is 0.873. The highest BCUT2D eigenvalue weighted by Crippen LogP contribution is 2.24. The summed E-state index contributed by atoms with van der Waals surface area (Å²) in [4.78, 5) is 2.54. The lowest BCUT2D eigenvalue weighted by Gasteiger charge is -2.30. The van der Waals surface area contributed by atoms with Crippen molar-refractivity contribution in [2.75, 3.05) is 25.1 Å². The van der Waals surface area contributed by atoms with Crippen molar-refractivity contribution in [1.82, 2.24) is 5.32 Å². The van der Waals surface area contributed by atoms with Gasteiger partial charge < -0.3 is 15.0 Å². The van der Waals surface area contributed by atoms with Crippen LogP contribution in [-0.2, 0) is 13.1 Å². The predicted molar refractivity (Wildman–Crippen MR) is 96.0 cm³/mol. The van der Waals surface area contributed by atoms with Crippen molar-refractivity contribution in [3.63, 3.8) is 0 Å². The molecule has 2 aromatic rings. The van der Waals surface area contributed by atoms with Gasteiger partial charge in [-0.1, -0.05) is 30.3 Å². The van der Waals surface area contributed by atoms with E-state index in [1.54, 1.807) is 7.11 Å². The van der Waals surface area contributed by atoms with E-state index in [0.717, 1.165) is 18.8 Å². The van der Waals surface area contributed by atoms with Crippen molar-refractivity contribution in [3.05, 3.63) is 59.7 Å². The number of methoxy groups -OCH3 is 1. The summed E-state index contributed by atoms with van der Waals surface area (Å²) in [6, 6.07) is 17.0. The molecule has 122 valence electrons. The molecule has 0 amide bonds.